The lowest BCUT2D eigenvalue weighted by Crippen LogP contribution is -2.27. The van der Waals surface area contributed by atoms with E-state index in [1.807, 2.05) is 24.3 Å². The molecular weight excluding hydrogens is 326 g/mol. The van der Waals surface area contributed by atoms with Crippen LogP contribution in [-0.2, 0) is 0 Å². The minimum absolute atomic E-state index is 0.222. The van der Waals surface area contributed by atoms with Crippen LogP contribution in [0.5, 0.6) is 0 Å². The largest absolute Gasteiger partial charge is 0.351 e. The van der Waals surface area contributed by atoms with Gasteiger partial charge in [-0.15, -0.1) is 0 Å². The summed E-state index contributed by atoms with van der Waals surface area (Å²) >= 11 is 0. The molecule has 138 valence electrons. The summed E-state index contributed by atoms with van der Waals surface area (Å²) in [5, 5.41) is 5.74. The van der Waals surface area contributed by atoms with Crippen LogP contribution in [0.15, 0.2) is 42.5 Å². The zero-order valence-corrected chi connectivity index (χ0v) is 15.9. The number of carbonyl (C=O) groups excluding carboxylic acids is 2. The van der Waals surface area contributed by atoms with Gasteiger partial charge in [0.25, 0.3) is 11.8 Å². The monoisotopic (exact) mass is 353 g/mol. The first-order valence-electron chi connectivity index (χ1n) is 9.04. The first kappa shape index (κ1) is 19.6. The summed E-state index contributed by atoms with van der Waals surface area (Å²) < 4.78 is 0. The molecule has 26 heavy (non-hydrogen) atoms. The van der Waals surface area contributed by atoms with Crippen molar-refractivity contribution in [3.05, 3.63) is 59.4 Å². The molecule has 1 heterocycles. The molecule has 0 spiro atoms. The Morgan fingerprint density at radius 2 is 1.58 bits per heavy atom. The Morgan fingerprint density at radius 3 is 2.23 bits per heavy atom. The fraction of sp³-hybridized carbons (Fsp3) is 0.381. The molecule has 1 aromatic carbocycles. The van der Waals surface area contributed by atoms with Crippen molar-refractivity contribution in [2.24, 2.45) is 5.92 Å². The number of nitrogens with zero attached hydrogens (tertiary/aromatic N) is 1. The number of nitrogens with one attached hydrogen (secondary N) is 2. The topological polar surface area (TPSA) is 71.1 Å². The number of rotatable bonds is 7. The molecule has 0 aliphatic heterocycles. The molecule has 0 aliphatic rings. The average molecular weight is 353 g/mol. The van der Waals surface area contributed by atoms with Crippen LogP contribution in [0.1, 0.15) is 66.6 Å². The molecule has 2 aromatic rings. The lowest BCUT2D eigenvalue weighted by Gasteiger charge is -2.13. The number of amides is 2. The number of hydrogen-bond acceptors (Lipinski definition) is 3. The van der Waals surface area contributed by atoms with E-state index < -0.39 is 0 Å². The maximum Gasteiger partial charge on any atom is 0.274 e. The molecule has 0 saturated carbocycles. The highest BCUT2D eigenvalue weighted by Crippen LogP contribution is 2.24. The first-order valence-corrected chi connectivity index (χ1v) is 9.04. The van der Waals surface area contributed by atoms with E-state index in [1.165, 1.54) is 0 Å². The number of anilines is 1. The van der Waals surface area contributed by atoms with E-state index >= 15 is 0 Å². The van der Waals surface area contributed by atoms with Gasteiger partial charge >= 0.3 is 0 Å². The third-order valence-corrected chi connectivity index (χ3v) is 4.05. The van der Waals surface area contributed by atoms with Gasteiger partial charge in [-0.2, -0.15) is 0 Å². The van der Waals surface area contributed by atoms with Gasteiger partial charge in [0, 0.05) is 12.2 Å². The fourth-order valence-corrected chi connectivity index (χ4v) is 2.55. The summed E-state index contributed by atoms with van der Waals surface area (Å²) in [7, 11) is 0. The molecule has 0 atom stereocenters. The molecule has 1 aromatic heterocycles. The van der Waals surface area contributed by atoms with Crippen LogP contribution in [0.25, 0.3) is 0 Å². The van der Waals surface area contributed by atoms with Gasteiger partial charge in [0.2, 0.25) is 0 Å². The van der Waals surface area contributed by atoms with Crippen molar-refractivity contribution in [2.75, 3.05) is 11.9 Å². The highest BCUT2D eigenvalue weighted by molar-refractivity contribution is 6.04. The highest BCUT2D eigenvalue weighted by Gasteiger charge is 2.14. The number of para-hydroxylation sites is 1. The summed E-state index contributed by atoms with van der Waals surface area (Å²) in [4.78, 5) is 29.0. The Bertz CT molecular complexity index is 769. The van der Waals surface area contributed by atoms with Crippen LogP contribution in [-0.4, -0.2) is 23.3 Å². The molecule has 0 saturated heterocycles. The van der Waals surface area contributed by atoms with Crippen LogP contribution < -0.4 is 10.6 Å². The second-order valence-corrected chi connectivity index (χ2v) is 7.04. The van der Waals surface area contributed by atoms with Crippen molar-refractivity contribution in [3.63, 3.8) is 0 Å². The first-order chi connectivity index (χ1) is 12.4. The molecule has 5 nitrogen and oxygen atoms in total. The van der Waals surface area contributed by atoms with E-state index in [-0.39, 0.29) is 29.1 Å². The SMILES string of the molecule is CC(C)CCNC(=O)c1cccc(C(=O)Nc2ccccc2C(C)C)n1. The van der Waals surface area contributed by atoms with E-state index in [0.29, 0.717) is 12.5 Å². The van der Waals surface area contributed by atoms with Gasteiger partial charge in [-0.1, -0.05) is 52.0 Å². The average Bonchev–Trinajstić information content (AvgIpc) is 2.61. The van der Waals surface area contributed by atoms with Gasteiger partial charge < -0.3 is 10.6 Å². The summed E-state index contributed by atoms with van der Waals surface area (Å²) in [6.45, 7) is 8.95. The van der Waals surface area contributed by atoms with Gasteiger partial charge in [0.1, 0.15) is 11.4 Å². The lowest BCUT2D eigenvalue weighted by molar-refractivity contribution is 0.0947. The number of carbonyl (C=O) groups is 2. The number of benzene rings is 1. The Kier molecular flexibility index (Phi) is 6.89. The maximum atomic E-state index is 12.6. The number of pyridine rings is 1. The third-order valence-electron chi connectivity index (χ3n) is 4.05. The quantitative estimate of drug-likeness (QED) is 0.782. The third kappa shape index (κ3) is 5.41. The smallest absolute Gasteiger partial charge is 0.274 e. The van der Waals surface area contributed by atoms with Gasteiger partial charge in [-0.25, -0.2) is 4.98 Å². The Labute approximate surface area is 155 Å². The molecule has 2 rings (SSSR count). The number of aromatic nitrogens is 1. The van der Waals surface area contributed by atoms with Crippen molar-refractivity contribution < 1.29 is 9.59 Å². The maximum absolute atomic E-state index is 12.6. The Hall–Kier alpha value is -2.69. The van der Waals surface area contributed by atoms with Crippen molar-refractivity contribution in [1.82, 2.24) is 10.3 Å². The second-order valence-electron chi connectivity index (χ2n) is 7.04. The van der Waals surface area contributed by atoms with E-state index in [1.54, 1.807) is 18.2 Å². The molecule has 0 radical (unpaired) electrons. The molecule has 0 fully saturated rings. The van der Waals surface area contributed by atoms with Gasteiger partial charge in [-0.3, -0.25) is 9.59 Å². The predicted molar refractivity (Wildman–Crippen MR) is 105 cm³/mol. The van der Waals surface area contributed by atoms with Crippen LogP contribution in [0.4, 0.5) is 5.69 Å². The van der Waals surface area contributed by atoms with E-state index in [2.05, 4.69) is 43.3 Å². The molecule has 2 N–H and O–H groups in total. The van der Waals surface area contributed by atoms with Crippen molar-refractivity contribution >= 4 is 17.5 Å². The van der Waals surface area contributed by atoms with Gasteiger partial charge in [0.15, 0.2) is 0 Å². The van der Waals surface area contributed by atoms with Crippen LogP contribution >= 0.6 is 0 Å². The molecule has 0 bridgehead atoms. The highest BCUT2D eigenvalue weighted by atomic mass is 16.2. The predicted octanol–water partition coefficient (Wildman–Crippen LogP) is 4.23. The van der Waals surface area contributed by atoms with Gasteiger partial charge in [0.05, 0.1) is 0 Å². The molecule has 2 amide bonds. The van der Waals surface area contributed by atoms with Crippen molar-refractivity contribution in [2.45, 2.75) is 40.0 Å². The van der Waals surface area contributed by atoms with Crippen LogP contribution in [0.2, 0.25) is 0 Å². The molecular formula is C21H27N3O2. The Morgan fingerprint density at radius 1 is 0.923 bits per heavy atom. The van der Waals surface area contributed by atoms with E-state index in [9.17, 15) is 9.59 Å². The van der Waals surface area contributed by atoms with Crippen LogP contribution in [0, 0.1) is 5.92 Å². The summed E-state index contributed by atoms with van der Waals surface area (Å²) in [6, 6.07) is 12.6. The lowest BCUT2D eigenvalue weighted by atomic mass is 10.0. The summed E-state index contributed by atoms with van der Waals surface area (Å²) in [5.41, 5.74) is 2.29. The fourth-order valence-electron chi connectivity index (χ4n) is 2.55. The standard InChI is InChI=1S/C21H27N3O2/c1-14(2)12-13-22-20(25)18-10-7-11-19(23-18)21(26)24-17-9-6-5-8-16(17)15(3)4/h5-11,14-15H,12-13H2,1-4H3,(H,22,25)(H,24,26). The minimum Gasteiger partial charge on any atom is -0.351 e. The zero-order chi connectivity index (χ0) is 19.1. The summed E-state index contributed by atoms with van der Waals surface area (Å²) in [5.74, 6) is 0.219. The van der Waals surface area contributed by atoms with E-state index in [4.69, 9.17) is 0 Å². The van der Waals surface area contributed by atoms with Crippen molar-refractivity contribution in [3.8, 4) is 0 Å². The Balaban J connectivity index is 2.10. The second kappa shape index (κ2) is 9.13. The number of hydrogen-bond donors (Lipinski definition) is 2. The normalized spacial score (nSPS) is 10.8. The molecule has 5 heteroatoms. The zero-order valence-electron chi connectivity index (χ0n) is 15.9. The van der Waals surface area contributed by atoms with Crippen molar-refractivity contribution in [1.29, 1.82) is 0 Å². The molecule has 0 unspecified atom stereocenters. The van der Waals surface area contributed by atoms with Gasteiger partial charge in [-0.05, 0) is 42.0 Å². The van der Waals surface area contributed by atoms with E-state index in [0.717, 1.165) is 17.7 Å². The summed E-state index contributed by atoms with van der Waals surface area (Å²) in [6.07, 6.45) is 0.901. The minimum atomic E-state index is -0.324. The molecule has 0 aliphatic carbocycles. The van der Waals surface area contributed by atoms with Crippen LogP contribution in [0.3, 0.4) is 0 Å².